The number of hydrogen-bond acceptors (Lipinski definition) is 5. The SMILES string of the molecule is CC(OCCSc1nc2ccccc2o1)C(=O)O. The van der Waals surface area contributed by atoms with Crippen molar-refractivity contribution in [3.8, 4) is 0 Å². The number of hydrogen-bond donors (Lipinski definition) is 1. The average Bonchev–Trinajstić information content (AvgIpc) is 2.76. The fourth-order valence-electron chi connectivity index (χ4n) is 1.34. The van der Waals surface area contributed by atoms with Crippen LogP contribution in [0.25, 0.3) is 11.1 Å². The van der Waals surface area contributed by atoms with Crippen LogP contribution in [0.4, 0.5) is 0 Å². The van der Waals surface area contributed by atoms with E-state index in [0.29, 0.717) is 17.6 Å². The summed E-state index contributed by atoms with van der Waals surface area (Å²) >= 11 is 1.40. The Hall–Kier alpha value is -1.53. The summed E-state index contributed by atoms with van der Waals surface area (Å²) in [6.45, 7) is 1.85. The first kappa shape index (κ1) is 12.9. The van der Waals surface area contributed by atoms with Gasteiger partial charge in [-0.05, 0) is 19.1 Å². The van der Waals surface area contributed by atoms with Crippen LogP contribution in [0.2, 0.25) is 0 Å². The number of carboxylic acids is 1. The molecule has 0 amide bonds. The summed E-state index contributed by atoms with van der Waals surface area (Å²) in [6, 6.07) is 7.53. The summed E-state index contributed by atoms with van der Waals surface area (Å²) in [5, 5.41) is 9.20. The van der Waals surface area contributed by atoms with Gasteiger partial charge in [0.25, 0.3) is 5.22 Å². The minimum absolute atomic E-state index is 0.344. The van der Waals surface area contributed by atoms with Gasteiger partial charge in [-0.25, -0.2) is 9.78 Å². The smallest absolute Gasteiger partial charge is 0.332 e. The Bertz CT molecular complexity index is 507. The van der Waals surface area contributed by atoms with Crippen LogP contribution >= 0.6 is 11.8 Å². The van der Waals surface area contributed by atoms with E-state index in [1.165, 1.54) is 18.7 Å². The third-order valence-electron chi connectivity index (χ3n) is 2.30. The molecule has 2 aromatic rings. The monoisotopic (exact) mass is 267 g/mol. The van der Waals surface area contributed by atoms with Gasteiger partial charge in [-0.1, -0.05) is 23.9 Å². The molecule has 0 bridgehead atoms. The number of carbonyl (C=O) groups is 1. The molecular formula is C12H13NO4S. The molecular weight excluding hydrogens is 254 g/mol. The van der Waals surface area contributed by atoms with Gasteiger partial charge in [0.15, 0.2) is 11.7 Å². The summed E-state index contributed by atoms with van der Waals surface area (Å²) in [7, 11) is 0. The van der Waals surface area contributed by atoms with Gasteiger partial charge in [-0.15, -0.1) is 0 Å². The molecule has 0 radical (unpaired) electrons. The van der Waals surface area contributed by atoms with Crippen molar-refractivity contribution in [2.45, 2.75) is 18.3 Å². The molecule has 0 fully saturated rings. The van der Waals surface area contributed by atoms with Crippen LogP contribution in [0.5, 0.6) is 0 Å². The number of benzene rings is 1. The first-order valence-electron chi connectivity index (χ1n) is 5.49. The number of nitrogens with zero attached hydrogens (tertiary/aromatic N) is 1. The molecule has 0 saturated heterocycles. The molecule has 1 aromatic carbocycles. The molecule has 1 unspecified atom stereocenters. The van der Waals surface area contributed by atoms with Crippen molar-refractivity contribution in [2.75, 3.05) is 12.4 Å². The van der Waals surface area contributed by atoms with Gasteiger partial charge in [0, 0.05) is 5.75 Å². The Labute approximate surface area is 108 Å². The molecule has 2 rings (SSSR count). The van der Waals surface area contributed by atoms with Gasteiger partial charge in [0.1, 0.15) is 5.52 Å². The Kier molecular flexibility index (Phi) is 4.22. The van der Waals surface area contributed by atoms with Crippen molar-refractivity contribution in [3.63, 3.8) is 0 Å². The van der Waals surface area contributed by atoms with E-state index in [-0.39, 0.29) is 0 Å². The molecule has 0 aliphatic rings. The van der Waals surface area contributed by atoms with E-state index in [2.05, 4.69) is 4.98 Å². The van der Waals surface area contributed by atoms with Crippen LogP contribution in [0, 0.1) is 0 Å². The van der Waals surface area contributed by atoms with Crippen molar-refractivity contribution in [3.05, 3.63) is 24.3 Å². The number of fused-ring (bicyclic) bond motifs is 1. The molecule has 0 saturated carbocycles. The number of oxazole rings is 1. The standard InChI is InChI=1S/C12H13NO4S/c1-8(11(14)15)16-6-7-18-12-13-9-4-2-3-5-10(9)17-12/h2-5,8H,6-7H2,1H3,(H,14,15). The molecule has 18 heavy (non-hydrogen) atoms. The highest BCUT2D eigenvalue weighted by molar-refractivity contribution is 7.99. The summed E-state index contributed by atoms with van der Waals surface area (Å²) in [4.78, 5) is 14.8. The number of para-hydroxylation sites is 2. The molecule has 1 atom stereocenters. The molecule has 1 N–H and O–H groups in total. The van der Waals surface area contributed by atoms with E-state index in [1.54, 1.807) is 0 Å². The zero-order valence-corrected chi connectivity index (χ0v) is 10.6. The van der Waals surface area contributed by atoms with Crippen molar-refractivity contribution >= 4 is 28.8 Å². The summed E-state index contributed by atoms with van der Waals surface area (Å²) in [5.74, 6) is -0.355. The van der Waals surface area contributed by atoms with Gasteiger partial charge in [-0.2, -0.15) is 0 Å². The Morgan fingerprint density at radius 1 is 1.56 bits per heavy atom. The van der Waals surface area contributed by atoms with Crippen molar-refractivity contribution in [2.24, 2.45) is 0 Å². The lowest BCUT2D eigenvalue weighted by molar-refractivity contribution is -0.148. The largest absolute Gasteiger partial charge is 0.479 e. The second-order valence-electron chi connectivity index (χ2n) is 3.65. The zero-order valence-electron chi connectivity index (χ0n) is 9.83. The highest BCUT2D eigenvalue weighted by Crippen LogP contribution is 2.22. The third kappa shape index (κ3) is 3.24. The van der Waals surface area contributed by atoms with Crippen LogP contribution in [0.3, 0.4) is 0 Å². The Morgan fingerprint density at radius 2 is 2.33 bits per heavy atom. The summed E-state index contributed by atoms with van der Waals surface area (Å²) < 4.78 is 10.6. The van der Waals surface area contributed by atoms with Crippen molar-refractivity contribution in [1.29, 1.82) is 0 Å². The van der Waals surface area contributed by atoms with Crippen LogP contribution in [0.15, 0.2) is 33.9 Å². The second-order valence-corrected chi connectivity index (χ2v) is 4.69. The molecule has 6 heteroatoms. The number of carboxylic acid groups (broad SMARTS) is 1. The predicted molar refractivity (Wildman–Crippen MR) is 67.8 cm³/mol. The number of aromatic nitrogens is 1. The quantitative estimate of drug-likeness (QED) is 0.640. The maximum atomic E-state index is 10.5. The number of ether oxygens (including phenoxy) is 1. The van der Waals surface area contributed by atoms with E-state index in [1.807, 2.05) is 24.3 Å². The van der Waals surface area contributed by atoms with Crippen molar-refractivity contribution < 1.29 is 19.1 Å². The second kappa shape index (κ2) is 5.88. The minimum Gasteiger partial charge on any atom is -0.479 e. The maximum absolute atomic E-state index is 10.5. The van der Waals surface area contributed by atoms with E-state index < -0.39 is 12.1 Å². The average molecular weight is 267 g/mol. The minimum atomic E-state index is -0.957. The van der Waals surface area contributed by atoms with Crippen molar-refractivity contribution in [1.82, 2.24) is 4.98 Å². The molecule has 5 nitrogen and oxygen atoms in total. The number of rotatable bonds is 6. The molecule has 96 valence electrons. The molecule has 0 aliphatic heterocycles. The lowest BCUT2D eigenvalue weighted by Crippen LogP contribution is -2.20. The Morgan fingerprint density at radius 3 is 3.06 bits per heavy atom. The highest BCUT2D eigenvalue weighted by Gasteiger charge is 2.11. The van der Waals surface area contributed by atoms with Gasteiger partial charge in [-0.3, -0.25) is 0 Å². The van der Waals surface area contributed by atoms with Crippen LogP contribution in [-0.4, -0.2) is 34.5 Å². The maximum Gasteiger partial charge on any atom is 0.332 e. The van der Waals surface area contributed by atoms with E-state index in [4.69, 9.17) is 14.3 Å². The first-order valence-corrected chi connectivity index (χ1v) is 6.48. The van der Waals surface area contributed by atoms with E-state index in [9.17, 15) is 4.79 Å². The predicted octanol–water partition coefficient (Wildman–Crippen LogP) is 2.41. The molecule has 0 spiro atoms. The van der Waals surface area contributed by atoms with Crippen LogP contribution in [0.1, 0.15) is 6.92 Å². The molecule has 1 aromatic heterocycles. The Balaban J connectivity index is 1.81. The van der Waals surface area contributed by atoms with Crippen LogP contribution in [-0.2, 0) is 9.53 Å². The topological polar surface area (TPSA) is 72.6 Å². The molecule has 0 aliphatic carbocycles. The van der Waals surface area contributed by atoms with Gasteiger partial charge < -0.3 is 14.3 Å². The van der Waals surface area contributed by atoms with E-state index >= 15 is 0 Å². The summed E-state index contributed by atoms with van der Waals surface area (Å²) in [5.41, 5.74) is 1.57. The number of aliphatic carboxylic acids is 1. The molecule has 1 heterocycles. The fraction of sp³-hybridized carbons (Fsp3) is 0.333. The van der Waals surface area contributed by atoms with Gasteiger partial charge >= 0.3 is 5.97 Å². The number of thioether (sulfide) groups is 1. The third-order valence-corrected chi connectivity index (χ3v) is 3.09. The first-order chi connectivity index (χ1) is 8.66. The highest BCUT2D eigenvalue weighted by atomic mass is 32.2. The van der Waals surface area contributed by atoms with Gasteiger partial charge in [0.05, 0.1) is 6.61 Å². The fourth-order valence-corrected chi connectivity index (χ4v) is 2.00. The normalized spacial score (nSPS) is 12.7. The van der Waals surface area contributed by atoms with Crippen LogP contribution < -0.4 is 0 Å². The van der Waals surface area contributed by atoms with Gasteiger partial charge in [0.2, 0.25) is 0 Å². The summed E-state index contributed by atoms with van der Waals surface area (Å²) in [6.07, 6.45) is -0.783. The zero-order chi connectivity index (χ0) is 13.0. The van der Waals surface area contributed by atoms with E-state index in [0.717, 1.165) is 11.1 Å². The lowest BCUT2D eigenvalue weighted by Gasteiger charge is -2.06. The lowest BCUT2D eigenvalue weighted by atomic mass is 10.3.